The van der Waals surface area contributed by atoms with E-state index in [0.29, 0.717) is 76.9 Å². The van der Waals surface area contributed by atoms with Crippen molar-refractivity contribution in [2.75, 3.05) is 75.1 Å². The molecule has 0 unspecified atom stereocenters. The lowest BCUT2D eigenvalue weighted by molar-refractivity contribution is -0.122. The van der Waals surface area contributed by atoms with Crippen LogP contribution in [0.25, 0.3) is 89.2 Å². The van der Waals surface area contributed by atoms with Gasteiger partial charge in [0.25, 0.3) is 0 Å². The zero-order valence-corrected chi connectivity index (χ0v) is 63.0. The smallest absolute Gasteiger partial charge is 0.237 e. The van der Waals surface area contributed by atoms with E-state index in [2.05, 4.69) is 91.2 Å². The van der Waals surface area contributed by atoms with Crippen LogP contribution in [0.3, 0.4) is 0 Å². The van der Waals surface area contributed by atoms with Gasteiger partial charge in [-0.2, -0.15) is 0 Å². The Morgan fingerprint density at radius 1 is 0.429 bits per heavy atom. The average molecular weight is 1500 g/mol. The van der Waals surface area contributed by atoms with Crippen LogP contribution >= 0.6 is 0 Å². The zero-order chi connectivity index (χ0) is 77.6. The number of hydrogen-bond acceptors (Lipinski definition) is 23. The fourth-order valence-electron chi connectivity index (χ4n) is 14.2. The minimum atomic E-state index is -0.267. The van der Waals surface area contributed by atoms with E-state index in [1.807, 2.05) is 198 Å². The summed E-state index contributed by atoms with van der Waals surface area (Å²) in [5, 5.41) is 78.7. The van der Waals surface area contributed by atoms with Gasteiger partial charge in [0.15, 0.2) is 23.3 Å². The van der Waals surface area contributed by atoms with Gasteiger partial charge >= 0.3 is 0 Å². The molecule has 0 saturated carbocycles. The number of benzene rings is 9. The number of carbonyl (C=O) groups excluding carboxylic acids is 1. The lowest BCUT2D eigenvalue weighted by atomic mass is 10.1. The van der Waals surface area contributed by atoms with E-state index in [9.17, 15) is 25.2 Å². The first-order valence-corrected chi connectivity index (χ1v) is 37.8. The summed E-state index contributed by atoms with van der Waals surface area (Å²) in [6.45, 7) is 15.0. The summed E-state index contributed by atoms with van der Waals surface area (Å²) in [6.07, 6.45) is 3.57. The van der Waals surface area contributed by atoms with E-state index in [1.54, 1.807) is 48.5 Å². The SMILES string of the molecule is C=C(NC)[C@H]1C[C@H](Nc2nc(-c3ccccc3O)nc3ccccc23)CN1.C=C([C@H]1C[C@H](Nc2nc(-c3ccccc3O)nc3ccccc23)CN1)N(C)C.Cc1ccc(O)c(-c2nc(N[C@H]3CCNC3)c3ccccc3n2)c1.O=C(NCc1ccccc1)[C@H]1C[C@H](Nc2nc(-c3ccccc3O)nc3ccccc23)CN1. The number of carbonyl (C=O) groups is 1. The molecule has 4 saturated heterocycles. The van der Waals surface area contributed by atoms with Crippen LogP contribution in [0, 0.1) is 6.92 Å². The third-order valence-corrected chi connectivity index (χ3v) is 20.4. The van der Waals surface area contributed by atoms with Gasteiger partial charge in [-0.1, -0.05) is 140 Å². The van der Waals surface area contributed by atoms with E-state index in [0.717, 1.165) is 129 Å². The highest BCUT2D eigenvalue weighted by Gasteiger charge is 2.32. The number of para-hydroxylation sites is 7. The quantitative estimate of drug-likeness (QED) is 0.0358. The minimum absolute atomic E-state index is 0.00871. The van der Waals surface area contributed by atoms with Crippen molar-refractivity contribution in [3.8, 4) is 68.5 Å². The Labute approximate surface area is 650 Å². The first kappa shape index (κ1) is 75.9. The number of phenols is 4. The number of amides is 1. The summed E-state index contributed by atoms with van der Waals surface area (Å²) >= 11 is 0. The second-order valence-electron chi connectivity index (χ2n) is 28.5. The van der Waals surface area contributed by atoms with Gasteiger partial charge in [0.2, 0.25) is 5.91 Å². The fourth-order valence-corrected chi connectivity index (χ4v) is 14.2. The maximum Gasteiger partial charge on any atom is 0.237 e. The number of aryl methyl sites for hydroxylation is 1. The molecule has 14 N–H and O–H groups in total. The number of fused-ring (bicyclic) bond motifs is 4. The topological polar surface area (TPSA) is 325 Å². The molecule has 4 fully saturated rings. The van der Waals surface area contributed by atoms with Crippen molar-refractivity contribution < 1.29 is 25.2 Å². The molecule has 4 aromatic heterocycles. The molecule has 7 atom stereocenters. The van der Waals surface area contributed by atoms with Gasteiger partial charge < -0.3 is 78.5 Å². The second-order valence-corrected chi connectivity index (χ2v) is 28.5. The van der Waals surface area contributed by atoms with E-state index in [-0.39, 0.29) is 65.2 Å². The molecule has 24 nitrogen and oxygen atoms in total. The monoisotopic (exact) mass is 1500 g/mol. The number of aromatic hydroxyl groups is 4. The van der Waals surface area contributed by atoms with E-state index in [1.165, 1.54) is 0 Å². The van der Waals surface area contributed by atoms with Crippen LogP contribution in [-0.2, 0) is 11.3 Å². The molecule has 4 aliphatic rings. The second kappa shape index (κ2) is 35.2. The highest BCUT2D eigenvalue weighted by Crippen LogP contribution is 2.37. The van der Waals surface area contributed by atoms with Crippen LogP contribution in [0.4, 0.5) is 23.3 Å². The van der Waals surface area contributed by atoms with Crippen molar-refractivity contribution >= 4 is 72.8 Å². The molecule has 24 heteroatoms. The van der Waals surface area contributed by atoms with Crippen molar-refractivity contribution in [2.45, 2.75) is 81.4 Å². The highest BCUT2D eigenvalue weighted by atomic mass is 16.3. The standard InChI is InChI=1S/C26H25N5O2.C22H25N5O.C21H23N5O.C19H20N4O/c32-23-13-7-5-11-20(23)25-30-21-12-6-4-10-19(21)24(31-25)29-18-14-22(27-16-18)26(33)28-15-17-8-2-1-3-9-17;1-14(27(2)3)19-12-15(13-23-19)24-21-16-8-4-6-10-18(16)25-22(26-21)17-9-5-7-11-20(17)28;1-13(22-2)18-11-14(12-23-18)24-20-15-7-3-5-9-17(15)25-21(26-20)16-8-4-6-10-19(16)27;1-12-6-7-17(24)15(10-12)19-22-16-5-3-2-4-14(16)18(23-19)21-13-8-9-20-11-13/h1-13,18,22,27,32H,14-16H2,(H,28,33)(H,29,30,31);4-11,15,19,23,28H,1,12-13H2,2-3H3,(H,24,25,26);3-10,14,18,22-23,27H,1,11-12H2,2H3,(H,24,25,26);2-7,10,13,20,24H,8-9,11H2,1H3,(H,21,22,23)/t18-,22+;15-,19+;14-,18+;13-/m0000/s1. The van der Waals surface area contributed by atoms with Gasteiger partial charge in [0.05, 0.1) is 50.4 Å². The summed E-state index contributed by atoms with van der Waals surface area (Å²) in [5.41, 5.74) is 10.0. The molecule has 9 aromatic carbocycles. The third-order valence-electron chi connectivity index (χ3n) is 20.4. The maximum atomic E-state index is 12.7. The molecule has 0 aliphatic carbocycles. The maximum absolute atomic E-state index is 12.7. The van der Waals surface area contributed by atoms with Crippen LogP contribution in [0.2, 0.25) is 0 Å². The van der Waals surface area contributed by atoms with Crippen molar-refractivity contribution in [3.05, 3.63) is 254 Å². The Balaban J connectivity index is 0.000000125. The zero-order valence-electron chi connectivity index (χ0n) is 63.0. The molecular formula is C88H93N19O5. The van der Waals surface area contributed by atoms with Crippen LogP contribution in [0.5, 0.6) is 23.0 Å². The molecule has 17 rings (SSSR count). The van der Waals surface area contributed by atoms with E-state index < -0.39 is 0 Å². The van der Waals surface area contributed by atoms with Crippen LogP contribution < -0.4 is 53.2 Å². The van der Waals surface area contributed by atoms with Crippen molar-refractivity contribution in [3.63, 3.8) is 0 Å². The van der Waals surface area contributed by atoms with Crippen molar-refractivity contribution in [1.29, 1.82) is 0 Å². The van der Waals surface area contributed by atoms with Crippen LogP contribution in [0.1, 0.15) is 36.8 Å². The molecule has 570 valence electrons. The van der Waals surface area contributed by atoms with Crippen molar-refractivity contribution in [1.82, 2.24) is 76.7 Å². The van der Waals surface area contributed by atoms with Gasteiger partial charge in [0, 0.05) is 123 Å². The largest absolute Gasteiger partial charge is 0.507 e. The summed E-state index contributed by atoms with van der Waals surface area (Å²) in [4.78, 5) is 52.3. The van der Waals surface area contributed by atoms with Gasteiger partial charge in [-0.15, -0.1) is 0 Å². The van der Waals surface area contributed by atoms with Gasteiger partial charge in [-0.3, -0.25) is 4.79 Å². The Morgan fingerprint density at radius 2 is 0.795 bits per heavy atom. The van der Waals surface area contributed by atoms with E-state index >= 15 is 0 Å². The Morgan fingerprint density at radius 3 is 1.21 bits per heavy atom. The number of aromatic nitrogens is 8. The average Bonchev–Trinajstić information content (AvgIpc) is 1.40. The molecule has 13 aromatic rings. The molecule has 4 aliphatic heterocycles. The fraction of sp³-hybridized carbons (Fsp3) is 0.239. The Bertz CT molecular complexity index is 5510. The predicted octanol–water partition coefficient (Wildman–Crippen LogP) is 12.6. The summed E-state index contributed by atoms with van der Waals surface area (Å²) in [6, 6.07) is 69.4. The number of nitrogens with one attached hydrogen (secondary N) is 10. The van der Waals surface area contributed by atoms with Crippen LogP contribution in [0.15, 0.2) is 243 Å². The first-order chi connectivity index (χ1) is 54.6. The Kier molecular flexibility index (Phi) is 23.9. The Hall–Kier alpha value is -12.9. The number of hydrogen-bond donors (Lipinski definition) is 14. The summed E-state index contributed by atoms with van der Waals surface area (Å²) in [7, 11) is 5.92. The lowest BCUT2D eigenvalue weighted by Gasteiger charge is -2.22. The van der Waals surface area contributed by atoms with Gasteiger partial charge in [-0.05, 0) is 142 Å². The lowest BCUT2D eigenvalue weighted by Crippen LogP contribution is -2.39. The first-order valence-electron chi connectivity index (χ1n) is 37.8. The summed E-state index contributed by atoms with van der Waals surface area (Å²) < 4.78 is 0. The van der Waals surface area contributed by atoms with E-state index in [4.69, 9.17) is 19.9 Å². The normalized spacial score (nSPS) is 18.3. The number of phenolic OH excluding ortho intramolecular Hbond substituents is 4. The summed E-state index contributed by atoms with van der Waals surface area (Å²) in [5.74, 6) is 5.78. The molecule has 1 amide bonds. The number of nitrogens with zero attached hydrogens (tertiary/aromatic N) is 9. The molecule has 0 spiro atoms. The molecular weight excluding hydrogens is 1400 g/mol. The predicted molar refractivity (Wildman–Crippen MR) is 447 cm³/mol. The number of rotatable bonds is 19. The van der Waals surface area contributed by atoms with Gasteiger partial charge in [0.1, 0.15) is 46.3 Å². The van der Waals surface area contributed by atoms with Gasteiger partial charge in [-0.25, -0.2) is 39.9 Å². The molecule has 0 radical (unpaired) electrons. The minimum Gasteiger partial charge on any atom is -0.507 e. The van der Waals surface area contributed by atoms with Crippen molar-refractivity contribution in [2.24, 2.45) is 0 Å². The molecule has 8 heterocycles. The number of anilines is 4. The van der Waals surface area contributed by atoms with Crippen LogP contribution in [-0.4, -0.2) is 167 Å². The molecule has 112 heavy (non-hydrogen) atoms. The highest BCUT2D eigenvalue weighted by molar-refractivity contribution is 5.94. The molecule has 0 bridgehead atoms. The third kappa shape index (κ3) is 18.2. The number of likely N-dealkylation sites (N-methyl/N-ethyl adjacent to an activating group) is 2.